The van der Waals surface area contributed by atoms with Crippen LogP contribution in [0.5, 0.6) is 0 Å². The van der Waals surface area contributed by atoms with Gasteiger partial charge in [-0.05, 0) is 32.7 Å². The highest BCUT2D eigenvalue weighted by molar-refractivity contribution is 5.96. The molecule has 2 saturated heterocycles. The molecular formula is C12H17N5O3. The number of amides is 1. The minimum atomic E-state index is -0.600. The number of aromatic amines is 1. The van der Waals surface area contributed by atoms with Gasteiger partial charge < -0.3 is 10.2 Å². The average molecular weight is 279 g/mol. The van der Waals surface area contributed by atoms with Crippen LogP contribution in [0.3, 0.4) is 0 Å². The summed E-state index contributed by atoms with van der Waals surface area (Å²) in [6.45, 7) is 0. The van der Waals surface area contributed by atoms with E-state index in [9.17, 15) is 14.9 Å². The Hall–Kier alpha value is -1.96. The fourth-order valence-corrected chi connectivity index (χ4v) is 3.37. The largest absolute Gasteiger partial charge is 0.348 e. The summed E-state index contributed by atoms with van der Waals surface area (Å²) in [5.74, 6) is -0.442. The van der Waals surface area contributed by atoms with Crippen molar-refractivity contribution in [3.63, 3.8) is 0 Å². The van der Waals surface area contributed by atoms with Crippen molar-refractivity contribution in [1.29, 1.82) is 0 Å². The number of nitro groups is 1. The van der Waals surface area contributed by atoms with Crippen molar-refractivity contribution in [3.8, 4) is 0 Å². The van der Waals surface area contributed by atoms with Crippen molar-refractivity contribution in [2.75, 3.05) is 7.05 Å². The zero-order chi connectivity index (χ0) is 14.3. The van der Waals surface area contributed by atoms with E-state index in [1.807, 2.05) is 0 Å². The van der Waals surface area contributed by atoms with E-state index in [4.69, 9.17) is 0 Å². The molecule has 0 saturated carbocycles. The second kappa shape index (κ2) is 4.86. The Balaban J connectivity index is 1.68. The summed E-state index contributed by atoms with van der Waals surface area (Å²) in [5.41, 5.74) is -0.348. The van der Waals surface area contributed by atoms with Gasteiger partial charge in [-0.3, -0.25) is 20.0 Å². The molecule has 2 bridgehead atoms. The molecule has 0 aliphatic carbocycles. The Morgan fingerprint density at radius 1 is 1.50 bits per heavy atom. The molecule has 2 fully saturated rings. The van der Waals surface area contributed by atoms with Crippen LogP contribution in [-0.4, -0.2) is 51.1 Å². The highest BCUT2D eigenvalue weighted by atomic mass is 16.6. The molecule has 1 amide bonds. The Morgan fingerprint density at radius 2 is 2.15 bits per heavy atom. The molecule has 108 valence electrons. The number of piperidine rings is 1. The lowest BCUT2D eigenvalue weighted by molar-refractivity contribution is -0.385. The zero-order valence-corrected chi connectivity index (χ0v) is 11.2. The van der Waals surface area contributed by atoms with Gasteiger partial charge in [0, 0.05) is 18.1 Å². The fourth-order valence-electron chi connectivity index (χ4n) is 3.37. The molecule has 0 unspecified atom stereocenters. The highest BCUT2D eigenvalue weighted by Gasteiger charge is 2.39. The SMILES string of the molecule is CN1[C@H]2CC[C@H]1CC(NC(=O)c1[nH]ncc1[N+](=O)[O-])C2. The summed E-state index contributed by atoms with van der Waals surface area (Å²) in [6.07, 6.45) is 5.20. The monoisotopic (exact) mass is 279 g/mol. The summed E-state index contributed by atoms with van der Waals surface area (Å²) >= 11 is 0. The molecule has 8 nitrogen and oxygen atoms in total. The molecule has 8 heteroatoms. The first-order valence-electron chi connectivity index (χ1n) is 6.77. The van der Waals surface area contributed by atoms with E-state index in [0.29, 0.717) is 12.1 Å². The lowest BCUT2D eigenvalue weighted by Crippen LogP contribution is -2.48. The summed E-state index contributed by atoms with van der Waals surface area (Å²) in [4.78, 5) is 24.7. The topological polar surface area (TPSA) is 104 Å². The maximum atomic E-state index is 12.1. The minimum absolute atomic E-state index is 0.0683. The Bertz CT molecular complexity index is 529. The van der Waals surface area contributed by atoms with Gasteiger partial charge in [-0.25, -0.2) is 0 Å². The van der Waals surface area contributed by atoms with Gasteiger partial charge in [-0.15, -0.1) is 0 Å². The second-order valence-corrected chi connectivity index (χ2v) is 5.58. The van der Waals surface area contributed by atoms with Gasteiger partial charge in [-0.2, -0.15) is 5.10 Å². The first-order chi connectivity index (χ1) is 9.56. The third-order valence-corrected chi connectivity index (χ3v) is 4.48. The van der Waals surface area contributed by atoms with Crippen molar-refractivity contribution in [1.82, 2.24) is 20.4 Å². The van der Waals surface area contributed by atoms with E-state index in [2.05, 4.69) is 27.5 Å². The van der Waals surface area contributed by atoms with Crippen LogP contribution >= 0.6 is 0 Å². The molecule has 2 atom stereocenters. The van der Waals surface area contributed by atoms with Crippen LogP contribution in [0.4, 0.5) is 5.69 Å². The standard InChI is InChI=1S/C12H17N5O3/c1-16-8-2-3-9(16)5-7(4-8)14-12(18)11-10(17(19)20)6-13-15-11/h6-9H,2-5H2,1H3,(H,13,15)(H,14,18)/t8-,9-/m0/s1. The first kappa shape index (κ1) is 13.0. The quantitative estimate of drug-likeness (QED) is 0.625. The number of nitrogens with zero attached hydrogens (tertiary/aromatic N) is 3. The molecular weight excluding hydrogens is 262 g/mol. The van der Waals surface area contributed by atoms with E-state index in [1.54, 1.807) is 0 Å². The van der Waals surface area contributed by atoms with E-state index < -0.39 is 10.8 Å². The van der Waals surface area contributed by atoms with Crippen molar-refractivity contribution in [3.05, 3.63) is 22.0 Å². The molecule has 2 aliphatic heterocycles. The number of rotatable bonds is 3. The van der Waals surface area contributed by atoms with Crippen LogP contribution in [0.2, 0.25) is 0 Å². The number of aromatic nitrogens is 2. The Morgan fingerprint density at radius 3 is 2.75 bits per heavy atom. The maximum Gasteiger partial charge on any atom is 0.319 e. The lowest BCUT2D eigenvalue weighted by atomic mass is 9.98. The van der Waals surface area contributed by atoms with E-state index in [0.717, 1.165) is 31.9 Å². The van der Waals surface area contributed by atoms with Crippen LogP contribution in [-0.2, 0) is 0 Å². The third kappa shape index (κ3) is 2.15. The van der Waals surface area contributed by atoms with Gasteiger partial charge >= 0.3 is 5.69 Å². The van der Waals surface area contributed by atoms with Gasteiger partial charge in [-0.1, -0.05) is 0 Å². The Kier molecular flexibility index (Phi) is 3.17. The molecule has 0 aromatic carbocycles. The molecule has 3 rings (SSSR count). The van der Waals surface area contributed by atoms with E-state index >= 15 is 0 Å². The predicted octanol–water partition coefficient (Wildman–Crippen LogP) is 0.673. The summed E-state index contributed by atoms with van der Waals surface area (Å²) in [6, 6.07) is 1.10. The zero-order valence-electron chi connectivity index (χ0n) is 11.2. The smallest absolute Gasteiger partial charge is 0.319 e. The van der Waals surface area contributed by atoms with Crippen LogP contribution in [0.1, 0.15) is 36.2 Å². The van der Waals surface area contributed by atoms with Gasteiger partial charge in [0.05, 0.1) is 4.92 Å². The van der Waals surface area contributed by atoms with E-state index in [1.165, 1.54) is 0 Å². The first-order valence-corrected chi connectivity index (χ1v) is 6.77. The number of hydrogen-bond acceptors (Lipinski definition) is 5. The van der Waals surface area contributed by atoms with Gasteiger partial charge in [0.25, 0.3) is 5.91 Å². The summed E-state index contributed by atoms with van der Waals surface area (Å²) < 4.78 is 0. The molecule has 2 aliphatic rings. The van der Waals surface area contributed by atoms with Crippen molar-refractivity contribution in [2.24, 2.45) is 0 Å². The summed E-state index contributed by atoms with van der Waals surface area (Å²) in [5, 5.41) is 19.7. The highest BCUT2D eigenvalue weighted by Crippen LogP contribution is 2.34. The number of nitrogens with one attached hydrogen (secondary N) is 2. The maximum absolute atomic E-state index is 12.1. The van der Waals surface area contributed by atoms with Crippen molar-refractivity contribution >= 4 is 11.6 Å². The molecule has 0 radical (unpaired) electrons. The van der Waals surface area contributed by atoms with Crippen LogP contribution in [0.25, 0.3) is 0 Å². The molecule has 1 aromatic heterocycles. The number of hydrogen-bond donors (Lipinski definition) is 2. The van der Waals surface area contributed by atoms with Crippen molar-refractivity contribution in [2.45, 2.75) is 43.8 Å². The van der Waals surface area contributed by atoms with Gasteiger partial charge in [0.15, 0.2) is 0 Å². The van der Waals surface area contributed by atoms with E-state index in [-0.39, 0.29) is 17.4 Å². The predicted molar refractivity (Wildman–Crippen MR) is 70.3 cm³/mol. The lowest BCUT2D eigenvalue weighted by Gasteiger charge is -2.36. The van der Waals surface area contributed by atoms with Crippen LogP contribution < -0.4 is 5.32 Å². The number of fused-ring (bicyclic) bond motifs is 2. The minimum Gasteiger partial charge on any atom is -0.348 e. The number of carbonyl (C=O) groups excluding carboxylic acids is 1. The molecule has 0 spiro atoms. The van der Waals surface area contributed by atoms with Crippen LogP contribution in [0, 0.1) is 10.1 Å². The third-order valence-electron chi connectivity index (χ3n) is 4.48. The normalized spacial score (nSPS) is 29.4. The number of carbonyl (C=O) groups is 1. The summed E-state index contributed by atoms with van der Waals surface area (Å²) in [7, 11) is 2.13. The Labute approximate surface area is 115 Å². The molecule has 20 heavy (non-hydrogen) atoms. The molecule has 3 heterocycles. The molecule has 1 aromatic rings. The fraction of sp³-hybridized carbons (Fsp3) is 0.667. The number of H-pyrrole nitrogens is 1. The molecule has 2 N–H and O–H groups in total. The van der Waals surface area contributed by atoms with Crippen LogP contribution in [0.15, 0.2) is 6.20 Å². The van der Waals surface area contributed by atoms with Gasteiger partial charge in [0.2, 0.25) is 5.69 Å². The average Bonchev–Trinajstić information content (AvgIpc) is 2.94. The van der Waals surface area contributed by atoms with Crippen molar-refractivity contribution < 1.29 is 9.72 Å². The second-order valence-electron chi connectivity index (χ2n) is 5.58. The van der Waals surface area contributed by atoms with Gasteiger partial charge in [0.1, 0.15) is 6.20 Å².